The monoisotopic (exact) mass is 507 g/mol. The summed E-state index contributed by atoms with van der Waals surface area (Å²) >= 11 is 1.36. The molecule has 2 amide bonds. The third kappa shape index (κ3) is 6.20. The Morgan fingerprint density at radius 3 is 2.51 bits per heavy atom. The number of nitrogens with zero attached hydrogens (tertiary/aromatic N) is 3. The molecule has 12 heteroatoms. The summed E-state index contributed by atoms with van der Waals surface area (Å²) in [6.45, 7) is 3.37. The summed E-state index contributed by atoms with van der Waals surface area (Å²) in [5.74, 6) is -1.65. The number of halogens is 2. The summed E-state index contributed by atoms with van der Waals surface area (Å²) in [5.41, 5.74) is 0.667. The smallest absolute Gasteiger partial charge is 0.414 e. The van der Waals surface area contributed by atoms with Crippen molar-refractivity contribution in [1.29, 1.82) is 0 Å². The molecule has 2 aliphatic heterocycles. The van der Waals surface area contributed by atoms with Gasteiger partial charge in [0.15, 0.2) is 11.6 Å². The third-order valence-corrected chi connectivity index (χ3v) is 6.44. The minimum Gasteiger partial charge on any atom is -0.443 e. The highest BCUT2D eigenvalue weighted by molar-refractivity contribution is 7.96. The second-order valence-corrected chi connectivity index (χ2v) is 9.17. The predicted molar refractivity (Wildman–Crippen MR) is 129 cm³/mol. The molecule has 9 nitrogen and oxygen atoms in total. The van der Waals surface area contributed by atoms with Crippen LogP contribution in [0.25, 0.3) is 0 Å². The van der Waals surface area contributed by atoms with Gasteiger partial charge in [-0.3, -0.25) is 14.5 Å². The molecule has 2 aromatic rings. The lowest BCUT2D eigenvalue weighted by Crippen LogP contribution is -2.31. The number of carbonyl (C=O) groups excluding carboxylic acids is 2. The van der Waals surface area contributed by atoms with E-state index >= 15 is 8.78 Å². The van der Waals surface area contributed by atoms with Gasteiger partial charge in [-0.2, -0.15) is 0 Å². The van der Waals surface area contributed by atoms with Gasteiger partial charge in [0, 0.05) is 49.3 Å². The van der Waals surface area contributed by atoms with Crippen molar-refractivity contribution >= 4 is 41.0 Å². The lowest BCUT2D eigenvalue weighted by molar-refractivity contribution is -0.114. The van der Waals surface area contributed by atoms with Crippen LogP contribution in [0.4, 0.5) is 30.6 Å². The number of cyclic esters (lactones) is 1. The number of likely N-dealkylation sites (N-methyl/N-ethyl adjacent to an activating group) is 1. The average molecular weight is 508 g/mol. The van der Waals surface area contributed by atoms with E-state index in [-0.39, 0.29) is 36.5 Å². The molecule has 0 unspecified atom stereocenters. The standard InChI is InChI=1S/C23H27F2N5O4S/c1-15(31)27-16-3-5-19(6-4-16)35-30-8-7-28(9-10-33-30)22-20(24)11-17(12-21(22)25)29-14-18(13-26-2)34-23(29)32/h3-6,11-12,18,26H,7-10,13-14H2,1-2H3,(H,27,31)/t18-/m0/s1. The number of rotatable bonds is 7. The first-order chi connectivity index (χ1) is 16.8. The van der Waals surface area contributed by atoms with Gasteiger partial charge in [-0.15, -0.1) is 4.47 Å². The number of amides is 2. The normalized spacial score (nSPS) is 19.0. The van der Waals surface area contributed by atoms with E-state index < -0.39 is 17.7 Å². The first kappa shape index (κ1) is 25.2. The van der Waals surface area contributed by atoms with Gasteiger partial charge in [0.1, 0.15) is 11.8 Å². The third-order valence-electron chi connectivity index (χ3n) is 5.47. The van der Waals surface area contributed by atoms with E-state index in [1.54, 1.807) is 28.5 Å². The van der Waals surface area contributed by atoms with E-state index in [0.29, 0.717) is 31.9 Å². The molecule has 0 aromatic heterocycles. The molecule has 0 aliphatic carbocycles. The van der Waals surface area contributed by atoms with Crippen LogP contribution < -0.4 is 20.4 Å². The van der Waals surface area contributed by atoms with Gasteiger partial charge < -0.3 is 20.3 Å². The van der Waals surface area contributed by atoms with Crippen LogP contribution in [-0.2, 0) is 14.4 Å². The fourth-order valence-electron chi connectivity index (χ4n) is 3.92. The minimum absolute atomic E-state index is 0.123. The van der Waals surface area contributed by atoms with Crippen molar-refractivity contribution in [2.45, 2.75) is 17.9 Å². The second-order valence-electron chi connectivity index (χ2n) is 8.11. The Morgan fingerprint density at radius 2 is 1.86 bits per heavy atom. The van der Waals surface area contributed by atoms with Crippen LogP contribution in [0.3, 0.4) is 0 Å². The molecule has 0 spiro atoms. The highest BCUT2D eigenvalue weighted by Gasteiger charge is 2.33. The van der Waals surface area contributed by atoms with Gasteiger partial charge in [-0.25, -0.2) is 13.6 Å². The van der Waals surface area contributed by atoms with Crippen LogP contribution in [-0.4, -0.2) is 69.0 Å². The van der Waals surface area contributed by atoms with Crippen molar-refractivity contribution in [2.75, 3.05) is 61.5 Å². The Morgan fingerprint density at radius 1 is 1.14 bits per heavy atom. The van der Waals surface area contributed by atoms with Gasteiger partial charge in [-0.05, 0) is 43.3 Å². The largest absolute Gasteiger partial charge is 0.443 e. The Hall–Kier alpha value is -2.93. The Bertz CT molecular complexity index is 1050. The molecule has 35 heavy (non-hydrogen) atoms. The highest BCUT2D eigenvalue weighted by Crippen LogP contribution is 2.32. The van der Waals surface area contributed by atoms with E-state index in [9.17, 15) is 9.59 Å². The van der Waals surface area contributed by atoms with Gasteiger partial charge in [0.2, 0.25) is 5.91 Å². The van der Waals surface area contributed by atoms with E-state index in [2.05, 4.69) is 10.6 Å². The lowest BCUT2D eigenvalue weighted by atomic mass is 10.2. The maximum absolute atomic E-state index is 15.1. The van der Waals surface area contributed by atoms with Crippen LogP contribution in [0, 0.1) is 11.6 Å². The number of anilines is 3. The molecular weight excluding hydrogens is 480 g/mol. The van der Waals surface area contributed by atoms with Crippen LogP contribution in [0.1, 0.15) is 6.92 Å². The molecule has 2 heterocycles. The zero-order chi connectivity index (χ0) is 24.9. The lowest BCUT2D eigenvalue weighted by Gasteiger charge is -2.24. The molecule has 2 saturated heterocycles. The van der Waals surface area contributed by atoms with Crippen molar-refractivity contribution in [1.82, 2.24) is 9.79 Å². The second kappa shape index (κ2) is 11.2. The van der Waals surface area contributed by atoms with E-state index in [0.717, 1.165) is 17.0 Å². The molecule has 2 aromatic carbocycles. The van der Waals surface area contributed by atoms with Gasteiger partial charge >= 0.3 is 6.09 Å². The number of hydrogen-bond acceptors (Lipinski definition) is 8. The van der Waals surface area contributed by atoms with Crippen LogP contribution in [0.15, 0.2) is 41.3 Å². The summed E-state index contributed by atoms with van der Waals surface area (Å²) in [7, 11) is 1.74. The summed E-state index contributed by atoms with van der Waals surface area (Å²) in [5, 5.41) is 5.63. The molecule has 1 atom stereocenters. The minimum atomic E-state index is -0.750. The van der Waals surface area contributed by atoms with Crippen LogP contribution in [0.2, 0.25) is 0 Å². The van der Waals surface area contributed by atoms with Gasteiger partial charge in [-0.1, -0.05) is 0 Å². The van der Waals surface area contributed by atoms with Crippen molar-refractivity contribution in [3.05, 3.63) is 48.0 Å². The molecule has 0 bridgehead atoms. The number of carbonyl (C=O) groups is 2. The number of nitrogens with one attached hydrogen (secondary N) is 2. The van der Waals surface area contributed by atoms with Gasteiger partial charge in [0.05, 0.1) is 25.4 Å². The van der Waals surface area contributed by atoms with Crippen molar-refractivity contribution in [3.8, 4) is 0 Å². The zero-order valence-corrected chi connectivity index (χ0v) is 20.2. The summed E-state index contributed by atoms with van der Waals surface area (Å²) in [6, 6.07) is 9.61. The molecule has 2 fully saturated rings. The van der Waals surface area contributed by atoms with Crippen LogP contribution >= 0.6 is 11.9 Å². The first-order valence-electron chi connectivity index (χ1n) is 11.2. The van der Waals surface area contributed by atoms with Gasteiger partial charge in [0.25, 0.3) is 0 Å². The molecule has 2 N–H and O–H groups in total. The average Bonchev–Trinajstić information content (AvgIpc) is 3.02. The molecule has 188 valence electrons. The van der Waals surface area contributed by atoms with E-state index in [1.165, 1.54) is 23.8 Å². The molecule has 0 saturated carbocycles. The first-order valence-corrected chi connectivity index (χ1v) is 11.9. The molecule has 2 aliphatic rings. The zero-order valence-electron chi connectivity index (χ0n) is 19.4. The fourth-order valence-corrected chi connectivity index (χ4v) is 4.72. The number of benzene rings is 2. The number of hydroxylamine groups is 1. The number of hydrogen-bond donors (Lipinski definition) is 2. The molecule has 0 radical (unpaired) electrons. The topological polar surface area (TPSA) is 86.4 Å². The fraction of sp³-hybridized carbons (Fsp3) is 0.391. The Kier molecular flexibility index (Phi) is 8.06. The summed E-state index contributed by atoms with van der Waals surface area (Å²) in [4.78, 5) is 32.8. The van der Waals surface area contributed by atoms with E-state index in [1.807, 2.05) is 12.1 Å². The van der Waals surface area contributed by atoms with E-state index in [4.69, 9.17) is 9.57 Å². The maximum Gasteiger partial charge on any atom is 0.414 e. The summed E-state index contributed by atoms with van der Waals surface area (Å²) in [6.07, 6.45) is -1.01. The van der Waals surface area contributed by atoms with Crippen molar-refractivity contribution in [2.24, 2.45) is 0 Å². The van der Waals surface area contributed by atoms with Crippen molar-refractivity contribution < 1.29 is 27.9 Å². The number of ether oxygens (including phenoxy) is 1. The highest BCUT2D eigenvalue weighted by atomic mass is 32.2. The Labute approximate surface area is 206 Å². The Balaban J connectivity index is 1.40. The van der Waals surface area contributed by atoms with Crippen LogP contribution in [0.5, 0.6) is 0 Å². The SMILES string of the molecule is CNC[C@H]1CN(c2cc(F)c(N3CCON(Sc4ccc(NC(C)=O)cc4)CC3)c(F)c2)C(=O)O1. The maximum atomic E-state index is 15.1. The summed E-state index contributed by atoms with van der Waals surface area (Å²) < 4.78 is 37.0. The molecular formula is C23H27F2N5O4S. The quantitative estimate of drug-likeness (QED) is 0.553. The predicted octanol–water partition coefficient (Wildman–Crippen LogP) is 3.23. The molecule has 4 rings (SSSR count). The van der Waals surface area contributed by atoms with Crippen molar-refractivity contribution in [3.63, 3.8) is 0 Å².